The first-order valence-electron chi connectivity index (χ1n) is 9.78. The molecule has 0 radical (unpaired) electrons. The highest BCUT2D eigenvalue weighted by molar-refractivity contribution is 6.37. The highest BCUT2D eigenvalue weighted by atomic mass is 35.5. The minimum absolute atomic E-state index is 0.000953. The van der Waals surface area contributed by atoms with Crippen LogP contribution in [0, 0.1) is 0 Å². The van der Waals surface area contributed by atoms with Crippen molar-refractivity contribution in [3.8, 4) is 28.4 Å². The Labute approximate surface area is 203 Å². The second-order valence-electron chi connectivity index (χ2n) is 7.15. The van der Waals surface area contributed by atoms with E-state index in [-0.39, 0.29) is 32.9 Å². The molecule has 0 bridgehead atoms. The summed E-state index contributed by atoms with van der Waals surface area (Å²) in [6.07, 6.45) is 1.57. The zero-order chi connectivity index (χ0) is 24.7. The van der Waals surface area contributed by atoms with E-state index in [1.54, 1.807) is 24.4 Å². The van der Waals surface area contributed by atoms with Gasteiger partial charge in [0.2, 0.25) is 11.7 Å². The number of anilines is 1. The van der Waals surface area contributed by atoms with Crippen LogP contribution < -0.4 is 27.3 Å². The summed E-state index contributed by atoms with van der Waals surface area (Å²) < 4.78 is 6.58. The largest absolute Gasteiger partial charge is 0.434 e. The summed E-state index contributed by atoms with van der Waals surface area (Å²) in [6.45, 7) is 0. The van der Waals surface area contributed by atoms with E-state index >= 15 is 0 Å². The van der Waals surface area contributed by atoms with Crippen LogP contribution in [0.25, 0.3) is 27.7 Å². The Bertz CT molecular complexity index is 1770. The van der Waals surface area contributed by atoms with Crippen molar-refractivity contribution < 1.29 is 4.74 Å². The van der Waals surface area contributed by atoms with Gasteiger partial charge in [0.05, 0.1) is 33.0 Å². The number of hydrogen-bond acceptors (Lipinski definition) is 9. The molecule has 14 heteroatoms. The molecular weight excluding hydrogens is 499 g/mol. The Morgan fingerprint density at radius 3 is 2.51 bits per heavy atom. The fourth-order valence-corrected chi connectivity index (χ4v) is 3.81. The summed E-state index contributed by atoms with van der Waals surface area (Å²) >= 11 is 12.7. The molecule has 0 saturated heterocycles. The monoisotopic (exact) mass is 510 g/mol. The maximum absolute atomic E-state index is 12.4. The topological polar surface area (TPSA) is 175 Å². The number of nitrogens with zero attached hydrogens (tertiary/aromatic N) is 5. The smallest absolute Gasteiger partial charge is 0.349 e. The minimum atomic E-state index is -0.836. The zero-order valence-electron chi connectivity index (χ0n) is 17.3. The standard InChI is InChI=1S/C21H12Cl2N8O4/c22-13-6-11(31-21(34)26-20(33)18(24)30-31)7-14(23)17(13)35-16-8-12(19(32)29-28-16)10-2-1-9-3-4-25-27-15(9)5-10/h1-8H,(H2,24,30)(H,29,32)(H,26,33,34). The van der Waals surface area contributed by atoms with Crippen molar-refractivity contribution in [3.63, 3.8) is 0 Å². The lowest BCUT2D eigenvalue weighted by Crippen LogP contribution is -2.33. The van der Waals surface area contributed by atoms with Crippen LogP contribution in [0.5, 0.6) is 11.6 Å². The number of benzene rings is 2. The molecule has 12 nitrogen and oxygen atoms in total. The van der Waals surface area contributed by atoms with E-state index < -0.39 is 22.6 Å². The van der Waals surface area contributed by atoms with Gasteiger partial charge in [-0.1, -0.05) is 35.3 Å². The third-order valence-electron chi connectivity index (χ3n) is 4.90. The summed E-state index contributed by atoms with van der Waals surface area (Å²) in [7, 11) is 0. The molecule has 35 heavy (non-hydrogen) atoms. The number of nitrogen functional groups attached to an aromatic ring is 1. The second-order valence-corrected chi connectivity index (χ2v) is 7.97. The van der Waals surface area contributed by atoms with Gasteiger partial charge in [0.25, 0.3) is 11.1 Å². The normalized spacial score (nSPS) is 11.0. The van der Waals surface area contributed by atoms with Gasteiger partial charge < -0.3 is 10.5 Å². The maximum Gasteiger partial charge on any atom is 0.349 e. The van der Waals surface area contributed by atoms with Crippen molar-refractivity contribution in [2.24, 2.45) is 0 Å². The van der Waals surface area contributed by atoms with Gasteiger partial charge in [-0.15, -0.1) is 10.2 Å². The van der Waals surface area contributed by atoms with E-state index in [1.807, 2.05) is 11.1 Å². The quantitative estimate of drug-likeness (QED) is 0.327. The van der Waals surface area contributed by atoms with Crippen molar-refractivity contribution in [1.82, 2.24) is 35.2 Å². The van der Waals surface area contributed by atoms with Crippen molar-refractivity contribution in [2.45, 2.75) is 0 Å². The molecule has 174 valence electrons. The SMILES string of the molecule is Nc1nn(-c2cc(Cl)c(Oc3cc(-c4ccc5ccnnc5c4)c(=O)[nH]n3)c(Cl)c2)c(=O)[nH]c1=O. The van der Waals surface area contributed by atoms with Crippen LogP contribution >= 0.6 is 23.2 Å². The van der Waals surface area contributed by atoms with Crippen LogP contribution in [0.2, 0.25) is 10.0 Å². The number of rotatable bonds is 4. The molecule has 0 amide bonds. The summed E-state index contributed by atoms with van der Waals surface area (Å²) in [4.78, 5) is 38.0. The molecule has 0 saturated carbocycles. The second kappa shape index (κ2) is 8.66. The van der Waals surface area contributed by atoms with Gasteiger partial charge >= 0.3 is 5.69 Å². The molecule has 0 spiro atoms. The maximum atomic E-state index is 12.4. The number of H-pyrrole nitrogens is 2. The third-order valence-corrected chi connectivity index (χ3v) is 5.46. The molecule has 0 aliphatic heterocycles. The van der Waals surface area contributed by atoms with E-state index in [0.29, 0.717) is 11.1 Å². The Kier molecular flexibility index (Phi) is 5.51. The summed E-state index contributed by atoms with van der Waals surface area (Å²) in [5.41, 5.74) is 4.97. The Morgan fingerprint density at radius 2 is 1.74 bits per heavy atom. The number of nitrogens with one attached hydrogen (secondary N) is 2. The molecule has 0 fully saturated rings. The predicted molar refractivity (Wildman–Crippen MR) is 128 cm³/mol. The molecule has 4 N–H and O–H groups in total. The van der Waals surface area contributed by atoms with Crippen molar-refractivity contribution in [2.75, 3.05) is 5.73 Å². The first kappa shape index (κ1) is 22.3. The number of fused-ring (bicyclic) bond motifs is 1. The summed E-state index contributed by atoms with van der Waals surface area (Å²) in [6, 6.07) is 11.2. The van der Waals surface area contributed by atoms with Gasteiger partial charge in [0.15, 0.2) is 5.75 Å². The van der Waals surface area contributed by atoms with Crippen LogP contribution in [0.1, 0.15) is 0 Å². The number of halogens is 2. The summed E-state index contributed by atoms with van der Waals surface area (Å²) in [5.74, 6) is -0.404. The van der Waals surface area contributed by atoms with Crippen molar-refractivity contribution in [3.05, 3.63) is 89.9 Å². The average molecular weight is 511 g/mol. The molecular formula is C21H12Cl2N8O4. The van der Waals surface area contributed by atoms with Gasteiger partial charge in [-0.2, -0.15) is 14.9 Å². The zero-order valence-corrected chi connectivity index (χ0v) is 18.8. The molecule has 0 unspecified atom stereocenters. The third kappa shape index (κ3) is 4.23. The average Bonchev–Trinajstić information content (AvgIpc) is 2.84. The number of aromatic nitrogens is 7. The van der Waals surface area contributed by atoms with E-state index in [0.717, 1.165) is 10.1 Å². The molecule has 3 aromatic heterocycles. The fraction of sp³-hybridized carbons (Fsp3) is 0. The van der Waals surface area contributed by atoms with E-state index in [9.17, 15) is 14.4 Å². The molecule has 0 atom stereocenters. The Balaban J connectivity index is 1.52. The van der Waals surface area contributed by atoms with Crippen LogP contribution in [0.3, 0.4) is 0 Å². The van der Waals surface area contributed by atoms with Crippen molar-refractivity contribution >= 4 is 39.9 Å². The fourth-order valence-electron chi connectivity index (χ4n) is 3.26. The van der Waals surface area contributed by atoms with Gasteiger partial charge in [-0.25, -0.2) is 9.89 Å². The minimum Gasteiger partial charge on any atom is -0.434 e. The molecule has 0 aliphatic rings. The molecule has 5 rings (SSSR count). The number of nitrogens with two attached hydrogens (primary N) is 1. The highest BCUT2D eigenvalue weighted by Crippen LogP contribution is 2.38. The summed E-state index contributed by atoms with van der Waals surface area (Å²) in [5, 5.41) is 18.8. The number of hydrogen-bond donors (Lipinski definition) is 3. The first-order chi connectivity index (χ1) is 16.8. The number of aromatic amines is 2. The van der Waals surface area contributed by atoms with Gasteiger partial charge in [0.1, 0.15) is 0 Å². The van der Waals surface area contributed by atoms with E-state index in [4.69, 9.17) is 33.7 Å². The predicted octanol–water partition coefficient (Wildman–Crippen LogP) is 2.30. The lowest BCUT2D eigenvalue weighted by molar-refractivity contribution is 0.455. The van der Waals surface area contributed by atoms with Crippen LogP contribution in [0.15, 0.2) is 63.0 Å². The molecule has 3 heterocycles. The first-order valence-corrected chi connectivity index (χ1v) is 10.5. The van der Waals surface area contributed by atoms with Gasteiger partial charge in [-0.3, -0.25) is 14.6 Å². The van der Waals surface area contributed by atoms with E-state index in [1.165, 1.54) is 18.2 Å². The van der Waals surface area contributed by atoms with Crippen LogP contribution in [-0.2, 0) is 0 Å². The Hall–Kier alpha value is -4.55. The number of ether oxygens (including phenoxy) is 1. The molecule has 0 aliphatic carbocycles. The molecule has 5 aromatic rings. The van der Waals surface area contributed by atoms with Gasteiger partial charge in [0, 0.05) is 11.5 Å². The van der Waals surface area contributed by atoms with E-state index in [2.05, 4.69) is 25.5 Å². The van der Waals surface area contributed by atoms with Gasteiger partial charge in [-0.05, 0) is 29.8 Å². The Morgan fingerprint density at radius 1 is 0.971 bits per heavy atom. The van der Waals surface area contributed by atoms with Crippen molar-refractivity contribution in [1.29, 1.82) is 0 Å². The lowest BCUT2D eigenvalue weighted by Gasteiger charge is -2.12. The molecule has 2 aromatic carbocycles. The van der Waals surface area contributed by atoms with Crippen LogP contribution in [0.4, 0.5) is 5.82 Å². The van der Waals surface area contributed by atoms with Crippen LogP contribution in [-0.4, -0.2) is 35.2 Å². The highest BCUT2D eigenvalue weighted by Gasteiger charge is 2.16. The lowest BCUT2D eigenvalue weighted by atomic mass is 10.1.